The number of nitrogens with one attached hydrogen (secondary N) is 1. The molecule has 6 heteroatoms. The molecule has 0 atom stereocenters. The Balaban J connectivity index is 1.56. The van der Waals surface area contributed by atoms with Crippen LogP contribution >= 0.6 is 0 Å². The van der Waals surface area contributed by atoms with E-state index >= 15 is 0 Å². The fraction of sp³-hybridized carbons (Fsp3) is 0.647. The minimum Gasteiger partial charge on any atom is -0.349 e. The fourth-order valence-corrected chi connectivity index (χ4v) is 3.35. The summed E-state index contributed by atoms with van der Waals surface area (Å²) in [6.07, 6.45) is 11.7. The van der Waals surface area contributed by atoms with Gasteiger partial charge in [0, 0.05) is 37.4 Å². The number of rotatable bonds is 4. The Hall–Kier alpha value is -1.98. The number of carbonyl (C=O) groups excluding carboxylic acids is 2. The maximum atomic E-state index is 12.2. The second-order valence-electron chi connectivity index (χ2n) is 6.54. The molecule has 6 nitrogen and oxygen atoms in total. The number of piperidine rings is 1. The summed E-state index contributed by atoms with van der Waals surface area (Å²) in [6.45, 7) is 1.58. The van der Waals surface area contributed by atoms with Crippen LogP contribution in [0.25, 0.3) is 0 Å². The van der Waals surface area contributed by atoms with Gasteiger partial charge in [-0.1, -0.05) is 19.3 Å². The average molecular weight is 316 g/mol. The van der Waals surface area contributed by atoms with Crippen molar-refractivity contribution < 1.29 is 9.59 Å². The van der Waals surface area contributed by atoms with Gasteiger partial charge in [0.05, 0.1) is 5.56 Å². The van der Waals surface area contributed by atoms with Gasteiger partial charge in [-0.05, 0) is 25.7 Å². The minimum absolute atomic E-state index is 0.0805. The second kappa shape index (κ2) is 7.53. The van der Waals surface area contributed by atoms with E-state index in [1.54, 1.807) is 12.4 Å². The molecular formula is C17H24N4O2. The zero-order valence-electron chi connectivity index (χ0n) is 13.4. The van der Waals surface area contributed by atoms with E-state index in [9.17, 15) is 9.59 Å². The summed E-state index contributed by atoms with van der Waals surface area (Å²) in [5.74, 6) is 0.721. The lowest BCUT2D eigenvalue weighted by molar-refractivity contribution is -0.111. The molecule has 0 spiro atoms. The normalized spacial score (nSPS) is 20.3. The van der Waals surface area contributed by atoms with Crippen LogP contribution in [0.3, 0.4) is 0 Å². The van der Waals surface area contributed by atoms with Gasteiger partial charge >= 0.3 is 0 Å². The molecule has 1 aliphatic carbocycles. The van der Waals surface area contributed by atoms with Crippen LogP contribution in [0.4, 0.5) is 5.95 Å². The molecule has 1 saturated heterocycles. The molecule has 23 heavy (non-hydrogen) atoms. The van der Waals surface area contributed by atoms with Crippen LogP contribution in [0.2, 0.25) is 0 Å². The van der Waals surface area contributed by atoms with Crippen molar-refractivity contribution in [3.05, 3.63) is 18.0 Å². The summed E-state index contributed by atoms with van der Waals surface area (Å²) in [6, 6.07) is 0.290. The van der Waals surface area contributed by atoms with Gasteiger partial charge in [-0.3, -0.25) is 4.79 Å². The third kappa shape index (κ3) is 4.06. The monoisotopic (exact) mass is 316 g/mol. The Morgan fingerprint density at radius 3 is 2.35 bits per heavy atom. The van der Waals surface area contributed by atoms with Gasteiger partial charge in [-0.25, -0.2) is 9.97 Å². The number of carbonyl (C=O) groups is 2. The Morgan fingerprint density at radius 2 is 1.74 bits per heavy atom. The Morgan fingerprint density at radius 1 is 1.09 bits per heavy atom. The van der Waals surface area contributed by atoms with Gasteiger partial charge in [0.25, 0.3) is 5.91 Å². The molecule has 3 rings (SSSR count). The molecule has 124 valence electrons. The molecule has 2 aliphatic rings. The number of nitrogens with zero attached hydrogens (tertiary/aromatic N) is 3. The zero-order chi connectivity index (χ0) is 16.1. The highest BCUT2D eigenvalue weighted by Gasteiger charge is 2.21. The van der Waals surface area contributed by atoms with Crippen molar-refractivity contribution in [2.24, 2.45) is 5.92 Å². The van der Waals surface area contributed by atoms with E-state index in [2.05, 4.69) is 20.2 Å². The van der Waals surface area contributed by atoms with Crippen molar-refractivity contribution in [2.75, 3.05) is 18.0 Å². The predicted octanol–water partition coefficient (Wildman–Crippen LogP) is 1.95. The van der Waals surface area contributed by atoms with Crippen LogP contribution in [0.15, 0.2) is 12.4 Å². The van der Waals surface area contributed by atoms with Crippen LogP contribution in [-0.2, 0) is 4.79 Å². The molecule has 0 unspecified atom stereocenters. The molecule has 0 aromatic carbocycles. The molecule has 2 heterocycles. The largest absolute Gasteiger partial charge is 0.349 e. The molecule has 1 saturated carbocycles. The van der Waals surface area contributed by atoms with E-state index in [0.717, 1.165) is 45.1 Å². The van der Waals surface area contributed by atoms with Crippen LogP contribution in [-0.4, -0.2) is 41.3 Å². The molecule has 0 bridgehead atoms. The smallest absolute Gasteiger partial charge is 0.254 e. The highest BCUT2D eigenvalue weighted by atomic mass is 16.1. The van der Waals surface area contributed by atoms with Crippen LogP contribution < -0.4 is 10.2 Å². The first-order chi connectivity index (χ1) is 11.3. The Kier molecular flexibility index (Phi) is 5.20. The van der Waals surface area contributed by atoms with Crippen molar-refractivity contribution in [2.45, 2.75) is 51.0 Å². The van der Waals surface area contributed by atoms with E-state index in [1.165, 1.54) is 19.3 Å². The molecule has 1 amide bonds. The summed E-state index contributed by atoms with van der Waals surface area (Å²) in [4.78, 5) is 33.8. The lowest BCUT2D eigenvalue weighted by atomic mass is 9.95. The summed E-state index contributed by atoms with van der Waals surface area (Å²) in [5, 5.41) is 3.08. The first-order valence-electron chi connectivity index (χ1n) is 8.59. The van der Waals surface area contributed by atoms with Gasteiger partial charge in [-0.15, -0.1) is 0 Å². The molecule has 1 aliphatic heterocycles. The van der Waals surface area contributed by atoms with Gasteiger partial charge in [0.15, 0.2) is 0 Å². The molecule has 1 aromatic heterocycles. The third-order valence-electron chi connectivity index (χ3n) is 4.86. The van der Waals surface area contributed by atoms with Crippen molar-refractivity contribution in [1.82, 2.24) is 15.3 Å². The van der Waals surface area contributed by atoms with E-state index in [-0.39, 0.29) is 11.8 Å². The van der Waals surface area contributed by atoms with E-state index < -0.39 is 0 Å². The standard InChI is InChI=1S/C17H24N4O2/c22-12-13-6-8-21(9-7-13)17-18-10-14(11-19-17)16(23)20-15-4-2-1-3-5-15/h10-13,15H,1-9H2,(H,20,23). The van der Waals surface area contributed by atoms with Crippen molar-refractivity contribution in [3.63, 3.8) is 0 Å². The maximum absolute atomic E-state index is 12.2. The summed E-state index contributed by atoms with van der Waals surface area (Å²) >= 11 is 0. The van der Waals surface area contributed by atoms with Crippen LogP contribution in [0.1, 0.15) is 55.3 Å². The maximum Gasteiger partial charge on any atom is 0.254 e. The highest BCUT2D eigenvalue weighted by molar-refractivity contribution is 5.93. The highest BCUT2D eigenvalue weighted by Crippen LogP contribution is 2.20. The summed E-state index contributed by atoms with van der Waals surface area (Å²) in [7, 11) is 0. The summed E-state index contributed by atoms with van der Waals surface area (Å²) < 4.78 is 0. The number of aromatic nitrogens is 2. The zero-order valence-corrected chi connectivity index (χ0v) is 13.4. The van der Waals surface area contributed by atoms with Crippen molar-refractivity contribution in [3.8, 4) is 0 Å². The molecule has 2 fully saturated rings. The molecule has 1 N–H and O–H groups in total. The molecule has 0 radical (unpaired) electrons. The molecular weight excluding hydrogens is 292 g/mol. The topological polar surface area (TPSA) is 75.2 Å². The lowest BCUT2D eigenvalue weighted by Gasteiger charge is -2.29. The first-order valence-corrected chi connectivity index (χ1v) is 8.59. The third-order valence-corrected chi connectivity index (χ3v) is 4.86. The van der Waals surface area contributed by atoms with Gasteiger partial charge < -0.3 is 15.0 Å². The van der Waals surface area contributed by atoms with Gasteiger partial charge in [-0.2, -0.15) is 0 Å². The summed E-state index contributed by atoms with van der Waals surface area (Å²) in [5.41, 5.74) is 0.516. The van der Waals surface area contributed by atoms with E-state index in [0.29, 0.717) is 17.6 Å². The SMILES string of the molecule is O=CC1CCN(c2ncc(C(=O)NC3CCCCC3)cn2)CC1. The quantitative estimate of drug-likeness (QED) is 0.859. The molecule has 1 aromatic rings. The number of amides is 1. The van der Waals surface area contributed by atoms with Gasteiger partial charge in [0.2, 0.25) is 5.95 Å². The number of anilines is 1. The first kappa shape index (κ1) is 15.9. The fourth-order valence-electron chi connectivity index (χ4n) is 3.35. The predicted molar refractivity (Wildman–Crippen MR) is 87.4 cm³/mol. The lowest BCUT2D eigenvalue weighted by Crippen LogP contribution is -2.37. The second-order valence-corrected chi connectivity index (χ2v) is 6.54. The number of hydrogen-bond donors (Lipinski definition) is 1. The number of hydrogen-bond acceptors (Lipinski definition) is 5. The minimum atomic E-state index is -0.0805. The van der Waals surface area contributed by atoms with Crippen molar-refractivity contribution in [1.29, 1.82) is 0 Å². The van der Waals surface area contributed by atoms with E-state index in [1.807, 2.05) is 0 Å². The van der Waals surface area contributed by atoms with Crippen LogP contribution in [0.5, 0.6) is 0 Å². The Labute approximate surface area is 136 Å². The average Bonchev–Trinajstić information content (AvgIpc) is 2.63. The van der Waals surface area contributed by atoms with E-state index in [4.69, 9.17) is 0 Å². The number of aldehydes is 1. The van der Waals surface area contributed by atoms with Gasteiger partial charge in [0.1, 0.15) is 6.29 Å². The van der Waals surface area contributed by atoms with Crippen molar-refractivity contribution >= 4 is 18.1 Å². The Bertz CT molecular complexity index is 532. The van der Waals surface area contributed by atoms with Crippen LogP contribution in [0, 0.1) is 5.92 Å².